The van der Waals surface area contributed by atoms with Crippen LogP contribution in [0.5, 0.6) is 5.75 Å². The molecule has 30 heavy (non-hydrogen) atoms. The lowest BCUT2D eigenvalue weighted by Crippen LogP contribution is -2.59. The van der Waals surface area contributed by atoms with E-state index in [1.807, 2.05) is 53.4 Å². The summed E-state index contributed by atoms with van der Waals surface area (Å²) in [6, 6.07) is 15.7. The molecule has 160 valence electrons. The molecule has 6 heteroatoms. The maximum absolute atomic E-state index is 13.6. The van der Waals surface area contributed by atoms with E-state index >= 15 is 0 Å². The number of fused-ring (bicyclic) bond motifs is 1. The molecule has 1 fully saturated rings. The van der Waals surface area contributed by atoms with E-state index in [2.05, 4.69) is 12.2 Å². The largest absolute Gasteiger partial charge is 0.491 e. The fourth-order valence-corrected chi connectivity index (χ4v) is 4.40. The van der Waals surface area contributed by atoms with Gasteiger partial charge in [0.05, 0.1) is 18.3 Å². The highest BCUT2D eigenvalue weighted by molar-refractivity contribution is 6.02. The van der Waals surface area contributed by atoms with Gasteiger partial charge in [0, 0.05) is 25.9 Å². The van der Waals surface area contributed by atoms with Gasteiger partial charge in [0.15, 0.2) is 0 Å². The van der Waals surface area contributed by atoms with Crippen molar-refractivity contribution in [2.75, 3.05) is 38.8 Å². The number of para-hydroxylation sites is 1. The number of anilines is 1. The molecule has 2 aromatic carbocycles. The second-order valence-electron chi connectivity index (χ2n) is 7.80. The summed E-state index contributed by atoms with van der Waals surface area (Å²) in [5.41, 5.74) is 1.97. The molecule has 2 aromatic rings. The Morgan fingerprint density at radius 2 is 1.97 bits per heavy atom. The Morgan fingerprint density at radius 1 is 1.17 bits per heavy atom. The molecule has 0 radical (unpaired) electrons. The number of carbonyl (C=O) groups excluding carboxylic acids is 1. The molecule has 0 saturated carbocycles. The van der Waals surface area contributed by atoms with Crippen LogP contribution < -0.4 is 10.1 Å². The lowest BCUT2D eigenvalue weighted by molar-refractivity contribution is 0.0187. The number of carbonyl (C=O) groups is 1. The second kappa shape index (κ2) is 9.06. The van der Waals surface area contributed by atoms with Gasteiger partial charge in [0.1, 0.15) is 18.0 Å². The van der Waals surface area contributed by atoms with Crippen LogP contribution in [0.2, 0.25) is 0 Å². The predicted octanol–water partition coefficient (Wildman–Crippen LogP) is 4.02. The van der Waals surface area contributed by atoms with Crippen LogP contribution >= 0.6 is 0 Å². The van der Waals surface area contributed by atoms with Gasteiger partial charge in [-0.1, -0.05) is 31.2 Å². The Bertz CT molecular complexity index is 864. The molecular formula is C24H30N2O4. The lowest BCUT2D eigenvalue weighted by Gasteiger charge is -2.49. The van der Waals surface area contributed by atoms with Crippen molar-refractivity contribution in [3.63, 3.8) is 0 Å². The number of methoxy groups -OCH3 is 1. The van der Waals surface area contributed by atoms with E-state index in [4.69, 9.17) is 14.2 Å². The molecule has 1 N–H and O–H groups in total. The molecule has 2 unspecified atom stereocenters. The van der Waals surface area contributed by atoms with Gasteiger partial charge in [-0.05, 0) is 49.1 Å². The van der Waals surface area contributed by atoms with Gasteiger partial charge in [-0.3, -0.25) is 4.79 Å². The molecule has 4 rings (SSSR count). The van der Waals surface area contributed by atoms with Gasteiger partial charge >= 0.3 is 0 Å². The van der Waals surface area contributed by atoms with Gasteiger partial charge in [0.25, 0.3) is 5.91 Å². The quantitative estimate of drug-likeness (QED) is 0.666. The van der Waals surface area contributed by atoms with Crippen LogP contribution in [-0.4, -0.2) is 50.4 Å². The average molecular weight is 411 g/mol. The van der Waals surface area contributed by atoms with Gasteiger partial charge in [-0.25, -0.2) is 0 Å². The number of hydrogen-bond donors (Lipinski definition) is 1. The van der Waals surface area contributed by atoms with Crippen LogP contribution in [0.1, 0.15) is 42.1 Å². The number of ether oxygens (including phenoxy) is 3. The summed E-state index contributed by atoms with van der Waals surface area (Å²) in [6.45, 7) is 4.50. The maximum atomic E-state index is 13.6. The molecule has 2 heterocycles. The number of nitrogens with one attached hydrogen (secondary N) is 1. The Labute approximate surface area is 178 Å². The molecule has 2 atom stereocenters. The van der Waals surface area contributed by atoms with Gasteiger partial charge < -0.3 is 24.4 Å². The van der Waals surface area contributed by atoms with Crippen molar-refractivity contribution in [2.24, 2.45) is 0 Å². The first-order valence-electron chi connectivity index (χ1n) is 10.7. The highest BCUT2D eigenvalue weighted by Crippen LogP contribution is 2.41. The zero-order valence-electron chi connectivity index (χ0n) is 17.7. The maximum Gasteiger partial charge on any atom is 0.258 e. The van der Waals surface area contributed by atoms with Gasteiger partial charge in [-0.2, -0.15) is 0 Å². The highest BCUT2D eigenvalue weighted by Gasteiger charge is 2.45. The minimum absolute atomic E-state index is 0.0436. The fourth-order valence-electron chi connectivity index (χ4n) is 4.40. The Balaban J connectivity index is 1.69. The van der Waals surface area contributed by atoms with Crippen molar-refractivity contribution in [1.82, 2.24) is 4.90 Å². The van der Waals surface area contributed by atoms with Crippen molar-refractivity contribution in [1.29, 1.82) is 0 Å². The molecule has 0 aromatic heterocycles. The van der Waals surface area contributed by atoms with E-state index < -0.39 is 5.66 Å². The van der Waals surface area contributed by atoms with Crippen molar-refractivity contribution >= 4 is 11.6 Å². The third kappa shape index (κ3) is 3.89. The van der Waals surface area contributed by atoms with Crippen molar-refractivity contribution in [3.8, 4) is 5.75 Å². The molecule has 1 saturated heterocycles. The molecular weight excluding hydrogens is 380 g/mol. The highest BCUT2D eigenvalue weighted by atomic mass is 16.5. The zero-order valence-corrected chi connectivity index (χ0v) is 17.7. The molecule has 6 nitrogen and oxygen atoms in total. The van der Waals surface area contributed by atoms with E-state index in [-0.39, 0.29) is 12.0 Å². The number of amides is 1. The van der Waals surface area contributed by atoms with E-state index in [1.165, 1.54) is 0 Å². The summed E-state index contributed by atoms with van der Waals surface area (Å²) >= 11 is 0. The average Bonchev–Trinajstić information content (AvgIpc) is 3.30. The van der Waals surface area contributed by atoms with Crippen LogP contribution in [0.25, 0.3) is 0 Å². The predicted molar refractivity (Wildman–Crippen MR) is 116 cm³/mol. The third-order valence-electron chi connectivity index (χ3n) is 6.01. The smallest absolute Gasteiger partial charge is 0.258 e. The number of rotatable bonds is 8. The first-order chi connectivity index (χ1) is 14.7. The standard InChI is InChI=1S/C24H30N2O4/c1-3-24(18-10-12-19(13-11-18)30-16-15-28-2)25-22-9-5-4-8-21(22)23(27)26(24)17-20-7-6-14-29-20/h4-5,8-13,20,25H,3,6-7,14-17H2,1-2H3. The van der Waals surface area contributed by atoms with E-state index in [9.17, 15) is 4.79 Å². The van der Waals surface area contributed by atoms with Crippen molar-refractivity contribution in [2.45, 2.75) is 38.0 Å². The summed E-state index contributed by atoms with van der Waals surface area (Å²) in [5, 5.41) is 3.69. The Kier molecular flexibility index (Phi) is 6.25. The summed E-state index contributed by atoms with van der Waals surface area (Å²) < 4.78 is 16.7. The normalized spacial score (nSPS) is 23.2. The SMILES string of the molecule is CCC1(c2ccc(OCCOC)cc2)Nc2ccccc2C(=O)N1CC1CCCO1. The van der Waals surface area contributed by atoms with Crippen molar-refractivity contribution in [3.05, 3.63) is 59.7 Å². The summed E-state index contributed by atoms with van der Waals surface area (Å²) in [7, 11) is 1.66. The monoisotopic (exact) mass is 410 g/mol. The topological polar surface area (TPSA) is 60.0 Å². The zero-order chi connectivity index (χ0) is 21.0. The van der Waals surface area contributed by atoms with Crippen LogP contribution in [0.3, 0.4) is 0 Å². The van der Waals surface area contributed by atoms with Gasteiger partial charge in [-0.15, -0.1) is 0 Å². The first kappa shape index (κ1) is 20.7. The molecule has 0 aliphatic carbocycles. The number of benzene rings is 2. The summed E-state index contributed by atoms with van der Waals surface area (Å²) in [4.78, 5) is 15.5. The lowest BCUT2D eigenvalue weighted by atomic mass is 9.89. The van der Waals surface area contributed by atoms with E-state index in [0.29, 0.717) is 25.3 Å². The number of hydrogen-bond acceptors (Lipinski definition) is 5. The molecule has 0 spiro atoms. The first-order valence-corrected chi connectivity index (χ1v) is 10.7. The van der Waals surface area contributed by atoms with Crippen LogP contribution in [0, 0.1) is 0 Å². The second-order valence-corrected chi connectivity index (χ2v) is 7.80. The van der Waals surface area contributed by atoms with Crippen LogP contribution in [0.15, 0.2) is 48.5 Å². The van der Waals surface area contributed by atoms with E-state index in [0.717, 1.165) is 42.9 Å². The van der Waals surface area contributed by atoms with Crippen LogP contribution in [-0.2, 0) is 15.1 Å². The third-order valence-corrected chi connectivity index (χ3v) is 6.01. The molecule has 1 amide bonds. The van der Waals surface area contributed by atoms with Gasteiger partial charge in [0.2, 0.25) is 0 Å². The fraction of sp³-hybridized carbons (Fsp3) is 0.458. The summed E-state index contributed by atoms with van der Waals surface area (Å²) in [6.07, 6.45) is 2.83. The Morgan fingerprint density at radius 3 is 2.67 bits per heavy atom. The van der Waals surface area contributed by atoms with E-state index in [1.54, 1.807) is 7.11 Å². The Hall–Kier alpha value is -2.57. The molecule has 2 aliphatic rings. The molecule has 2 aliphatic heterocycles. The van der Waals surface area contributed by atoms with Crippen LogP contribution in [0.4, 0.5) is 5.69 Å². The minimum Gasteiger partial charge on any atom is -0.491 e. The van der Waals surface area contributed by atoms with Crippen molar-refractivity contribution < 1.29 is 19.0 Å². The number of nitrogens with zero attached hydrogens (tertiary/aromatic N) is 1. The summed E-state index contributed by atoms with van der Waals surface area (Å²) in [5.74, 6) is 0.831. The molecule has 0 bridgehead atoms. The minimum atomic E-state index is -0.636.